The number of nitrogens with zero attached hydrogens (tertiary/aromatic N) is 4. The summed E-state index contributed by atoms with van der Waals surface area (Å²) in [6.07, 6.45) is 3.63. The molecular formula is C22H22ClF2N7O3. The summed E-state index contributed by atoms with van der Waals surface area (Å²) in [7, 11) is 0. The molecule has 0 aliphatic heterocycles. The summed E-state index contributed by atoms with van der Waals surface area (Å²) in [5, 5.41) is 12.3. The zero-order chi connectivity index (χ0) is 25.8. The number of hydrogen-bond donors (Lipinski definition) is 3. The first kappa shape index (κ1) is 27.2. The topological polar surface area (TPSA) is 153 Å². The zero-order valence-corrected chi connectivity index (χ0v) is 19.3. The van der Waals surface area contributed by atoms with Crippen LogP contribution in [0.25, 0.3) is 0 Å². The second-order valence-corrected chi connectivity index (χ2v) is 7.44. The summed E-state index contributed by atoms with van der Waals surface area (Å²) in [4.78, 5) is 42.4. The minimum absolute atomic E-state index is 0.115. The Labute approximate surface area is 204 Å². The quantitative estimate of drug-likeness (QED) is 0.425. The van der Waals surface area contributed by atoms with Gasteiger partial charge in [-0.25, -0.2) is 18.7 Å². The van der Waals surface area contributed by atoms with Gasteiger partial charge in [0, 0.05) is 12.3 Å². The van der Waals surface area contributed by atoms with E-state index >= 15 is 0 Å². The average molecular weight is 506 g/mol. The van der Waals surface area contributed by atoms with Crippen LogP contribution >= 0.6 is 11.6 Å². The number of aromatic nitrogens is 4. The summed E-state index contributed by atoms with van der Waals surface area (Å²) >= 11 is 5.39. The molecule has 0 aliphatic rings. The van der Waals surface area contributed by atoms with Gasteiger partial charge in [-0.3, -0.25) is 14.4 Å². The molecule has 2 heterocycles. The monoisotopic (exact) mass is 505 g/mol. The minimum atomic E-state index is -0.772. The number of halogens is 3. The van der Waals surface area contributed by atoms with Crippen molar-refractivity contribution in [3.8, 4) is 0 Å². The summed E-state index contributed by atoms with van der Waals surface area (Å²) < 4.78 is 26.4. The van der Waals surface area contributed by atoms with Gasteiger partial charge in [0.15, 0.2) is 10.8 Å². The lowest BCUT2D eigenvalue weighted by Gasteiger charge is -2.17. The molecule has 35 heavy (non-hydrogen) atoms. The Morgan fingerprint density at radius 1 is 1.09 bits per heavy atom. The van der Waals surface area contributed by atoms with E-state index in [9.17, 15) is 23.2 Å². The molecule has 0 saturated heterocycles. The Bertz CT molecular complexity index is 1130. The number of benzene rings is 1. The predicted octanol–water partition coefficient (Wildman–Crippen LogP) is 2.45. The van der Waals surface area contributed by atoms with E-state index in [0.29, 0.717) is 18.7 Å². The number of amides is 3. The summed E-state index contributed by atoms with van der Waals surface area (Å²) in [6, 6.07) is 6.52. The van der Waals surface area contributed by atoms with Gasteiger partial charge in [0.25, 0.3) is 5.91 Å². The molecular weight excluding hydrogens is 484 g/mol. The van der Waals surface area contributed by atoms with Crippen LogP contribution < -0.4 is 16.4 Å². The maximum Gasteiger partial charge on any atom is 0.269 e. The van der Waals surface area contributed by atoms with Crippen LogP contribution in [0.1, 0.15) is 35.8 Å². The molecule has 0 bridgehead atoms. The van der Waals surface area contributed by atoms with Crippen LogP contribution in [0.3, 0.4) is 0 Å². The van der Waals surface area contributed by atoms with Gasteiger partial charge in [0.2, 0.25) is 11.8 Å². The average Bonchev–Trinajstić information content (AvgIpc) is 2.79. The van der Waals surface area contributed by atoms with Crippen molar-refractivity contribution in [3.05, 3.63) is 77.0 Å². The van der Waals surface area contributed by atoms with Gasteiger partial charge >= 0.3 is 0 Å². The normalized spacial score (nSPS) is 11.0. The Balaban J connectivity index is 0.000000360. The van der Waals surface area contributed by atoms with Crippen LogP contribution in [0.2, 0.25) is 5.15 Å². The molecule has 0 fully saturated rings. The first-order valence-corrected chi connectivity index (χ1v) is 10.7. The number of nitrogens with two attached hydrogens (primary N) is 1. The fraction of sp³-hybridized carbons (Fsp3) is 0.227. The van der Waals surface area contributed by atoms with Crippen LogP contribution in [0.15, 0.2) is 48.9 Å². The van der Waals surface area contributed by atoms with Crippen molar-refractivity contribution in [3.63, 3.8) is 0 Å². The summed E-state index contributed by atoms with van der Waals surface area (Å²) in [5.74, 6) is -2.71. The van der Waals surface area contributed by atoms with E-state index in [1.165, 1.54) is 30.7 Å². The van der Waals surface area contributed by atoms with E-state index in [1.54, 1.807) is 0 Å². The van der Waals surface area contributed by atoms with E-state index < -0.39 is 35.4 Å². The highest BCUT2D eigenvalue weighted by Crippen LogP contribution is 2.10. The van der Waals surface area contributed by atoms with Crippen LogP contribution in [0.5, 0.6) is 0 Å². The third-order valence-electron chi connectivity index (χ3n) is 4.23. The van der Waals surface area contributed by atoms with E-state index in [0.717, 1.165) is 18.2 Å². The molecule has 1 aromatic carbocycles. The Morgan fingerprint density at radius 3 is 2.34 bits per heavy atom. The molecule has 10 nitrogen and oxygen atoms in total. The molecule has 184 valence electrons. The minimum Gasteiger partial charge on any atom is -0.364 e. The highest BCUT2D eigenvalue weighted by molar-refractivity contribution is 6.29. The van der Waals surface area contributed by atoms with Gasteiger partial charge in [0.1, 0.15) is 29.8 Å². The zero-order valence-electron chi connectivity index (χ0n) is 18.5. The van der Waals surface area contributed by atoms with Crippen molar-refractivity contribution >= 4 is 35.1 Å². The standard InChI is InChI=1S/C17H18F2N4O2.C5H4ClN3O/c1-2-3-14(17(25)23-15-4-5-20-10-21-15)22-16(24)8-11-6-12(18)9-13(19)7-11;6-4-2-1-3(5(7)10)8-9-4/h4-7,9-10,14H,2-3,8H2,1H3,(H,22,24)(H,20,21,23,25);1-2H,(H2,7,10). The SMILES string of the molecule is CCCC(NC(=O)Cc1cc(F)cc(F)c1)C(=O)Nc1ccncn1.NC(=O)c1ccc(Cl)nn1. The fourth-order valence-electron chi connectivity index (χ4n) is 2.73. The number of rotatable bonds is 8. The van der Waals surface area contributed by atoms with Gasteiger partial charge in [-0.05, 0) is 42.3 Å². The van der Waals surface area contributed by atoms with Gasteiger partial charge in [0.05, 0.1) is 6.42 Å². The van der Waals surface area contributed by atoms with E-state index in [-0.39, 0.29) is 22.8 Å². The molecule has 1 atom stereocenters. The highest BCUT2D eigenvalue weighted by atomic mass is 35.5. The first-order chi connectivity index (χ1) is 16.7. The maximum atomic E-state index is 13.2. The molecule has 13 heteroatoms. The second kappa shape index (κ2) is 13.6. The molecule has 2 aromatic heterocycles. The number of anilines is 1. The fourth-order valence-corrected chi connectivity index (χ4v) is 2.83. The van der Waals surface area contributed by atoms with E-state index in [1.807, 2.05) is 6.92 Å². The van der Waals surface area contributed by atoms with Crippen molar-refractivity contribution < 1.29 is 23.2 Å². The van der Waals surface area contributed by atoms with Crippen molar-refractivity contribution in [1.82, 2.24) is 25.5 Å². The van der Waals surface area contributed by atoms with E-state index in [4.69, 9.17) is 17.3 Å². The highest BCUT2D eigenvalue weighted by Gasteiger charge is 2.20. The largest absolute Gasteiger partial charge is 0.364 e. The van der Waals surface area contributed by atoms with E-state index in [2.05, 4.69) is 30.8 Å². The lowest BCUT2D eigenvalue weighted by molar-refractivity contribution is -0.126. The number of nitrogens with one attached hydrogen (secondary N) is 2. The molecule has 0 saturated carbocycles. The molecule has 0 spiro atoms. The van der Waals surface area contributed by atoms with Crippen molar-refractivity contribution in [1.29, 1.82) is 0 Å². The van der Waals surface area contributed by atoms with Crippen molar-refractivity contribution in [2.75, 3.05) is 5.32 Å². The number of primary amides is 1. The summed E-state index contributed by atoms with van der Waals surface area (Å²) in [6.45, 7) is 1.87. The first-order valence-electron chi connectivity index (χ1n) is 10.3. The third-order valence-corrected chi connectivity index (χ3v) is 4.44. The van der Waals surface area contributed by atoms with Gasteiger partial charge < -0.3 is 16.4 Å². The van der Waals surface area contributed by atoms with Crippen molar-refractivity contribution in [2.24, 2.45) is 5.73 Å². The lowest BCUT2D eigenvalue weighted by Crippen LogP contribution is -2.44. The van der Waals surface area contributed by atoms with Gasteiger partial charge in [-0.2, -0.15) is 0 Å². The second-order valence-electron chi connectivity index (χ2n) is 7.05. The predicted molar refractivity (Wildman–Crippen MR) is 123 cm³/mol. The molecule has 0 radical (unpaired) electrons. The number of carbonyl (C=O) groups is 3. The summed E-state index contributed by atoms with van der Waals surface area (Å²) in [5.41, 5.74) is 5.19. The molecule has 1 unspecified atom stereocenters. The molecule has 0 aliphatic carbocycles. The van der Waals surface area contributed by atoms with Crippen LogP contribution in [-0.4, -0.2) is 43.9 Å². The molecule has 3 rings (SSSR count). The van der Waals surface area contributed by atoms with Crippen molar-refractivity contribution in [2.45, 2.75) is 32.2 Å². The molecule has 3 amide bonds. The van der Waals surface area contributed by atoms with Crippen LogP contribution in [0.4, 0.5) is 14.6 Å². The van der Waals surface area contributed by atoms with Crippen LogP contribution in [0, 0.1) is 11.6 Å². The lowest BCUT2D eigenvalue weighted by atomic mass is 10.1. The number of carbonyl (C=O) groups excluding carboxylic acids is 3. The smallest absolute Gasteiger partial charge is 0.269 e. The molecule has 4 N–H and O–H groups in total. The molecule has 3 aromatic rings. The van der Waals surface area contributed by atoms with Gasteiger partial charge in [-0.15, -0.1) is 10.2 Å². The maximum absolute atomic E-state index is 13.2. The third kappa shape index (κ3) is 9.76. The number of hydrogen-bond acceptors (Lipinski definition) is 7. The Morgan fingerprint density at radius 2 is 1.80 bits per heavy atom. The van der Waals surface area contributed by atoms with Crippen LogP contribution in [-0.2, 0) is 16.0 Å². The van der Waals surface area contributed by atoms with Gasteiger partial charge in [-0.1, -0.05) is 24.9 Å². The Hall–Kier alpha value is -4.06. The Kier molecular flexibility index (Phi) is 10.6.